The first-order valence-corrected chi connectivity index (χ1v) is 12.7. The van der Waals surface area contributed by atoms with Crippen molar-refractivity contribution >= 4 is 34.3 Å². The predicted molar refractivity (Wildman–Crippen MR) is 149 cm³/mol. The van der Waals surface area contributed by atoms with Crippen LogP contribution in [0, 0.1) is 0 Å². The Balaban J connectivity index is 1.15. The zero-order valence-electron chi connectivity index (χ0n) is 21.0. The first kappa shape index (κ1) is 25.2. The van der Waals surface area contributed by atoms with Gasteiger partial charge in [0.2, 0.25) is 0 Å². The van der Waals surface area contributed by atoms with Gasteiger partial charge >= 0.3 is 6.09 Å². The van der Waals surface area contributed by atoms with E-state index in [1.54, 1.807) is 12.1 Å². The third kappa shape index (κ3) is 5.57. The summed E-state index contributed by atoms with van der Waals surface area (Å²) in [5.41, 5.74) is 11.2. The number of benzene rings is 3. The minimum atomic E-state index is -1.09. The fourth-order valence-corrected chi connectivity index (χ4v) is 4.87. The van der Waals surface area contributed by atoms with E-state index >= 15 is 0 Å². The van der Waals surface area contributed by atoms with Crippen molar-refractivity contribution in [2.45, 2.75) is 6.42 Å². The van der Waals surface area contributed by atoms with Crippen LogP contribution in [0.4, 0.5) is 16.2 Å². The number of anilines is 2. The van der Waals surface area contributed by atoms with E-state index in [0.717, 1.165) is 52.8 Å². The van der Waals surface area contributed by atoms with E-state index in [2.05, 4.69) is 15.2 Å². The number of piperazine rings is 1. The first-order chi connectivity index (χ1) is 18.5. The molecule has 0 aliphatic carbocycles. The second-order valence-electron chi connectivity index (χ2n) is 9.24. The second-order valence-corrected chi connectivity index (χ2v) is 9.24. The van der Waals surface area contributed by atoms with Crippen LogP contribution in [0.1, 0.15) is 5.56 Å². The monoisotopic (exact) mass is 513 g/mol. The summed E-state index contributed by atoms with van der Waals surface area (Å²) >= 11 is 0. The summed E-state index contributed by atoms with van der Waals surface area (Å²) in [5.74, 6) is 0.640. The Labute approximate surface area is 220 Å². The molecule has 9 nitrogen and oxygen atoms in total. The van der Waals surface area contributed by atoms with Gasteiger partial charge in [0, 0.05) is 54.5 Å². The van der Waals surface area contributed by atoms with Crippen molar-refractivity contribution in [2.75, 3.05) is 49.5 Å². The molecule has 3 aromatic carbocycles. The van der Waals surface area contributed by atoms with Crippen LogP contribution in [0.5, 0.6) is 5.75 Å². The summed E-state index contributed by atoms with van der Waals surface area (Å²) < 4.78 is 5.84. The molecule has 4 aromatic rings. The van der Waals surface area contributed by atoms with Gasteiger partial charge in [-0.05, 0) is 60.5 Å². The molecule has 2 amide bonds. The lowest BCUT2D eigenvalue weighted by atomic mass is 10.0. The van der Waals surface area contributed by atoms with Crippen LogP contribution in [-0.2, 0) is 11.2 Å². The Hall–Kier alpha value is -4.50. The molecule has 2 heterocycles. The Morgan fingerprint density at radius 1 is 1.00 bits per heavy atom. The third-order valence-electron chi connectivity index (χ3n) is 6.86. The van der Waals surface area contributed by atoms with Gasteiger partial charge in [-0.15, -0.1) is 0 Å². The number of nitrogens with zero attached hydrogens (tertiary/aromatic N) is 2. The zero-order chi connectivity index (χ0) is 26.5. The number of amides is 2. The van der Waals surface area contributed by atoms with E-state index in [-0.39, 0.29) is 12.5 Å². The number of nitrogens with one attached hydrogen (secondary N) is 2. The number of carbonyl (C=O) groups is 2. The summed E-state index contributed by atoms with van der Waals surface area (Å²) in [6.45, 7) is 3.26. The van der Waals surface area contributed by atoms with Gasteiger partial charge in [-0.25, -0.2) is 4.79 Å². The first-order valence-electron chi connectivity index (χ1n) is 12.7. The Kier molecular flexibility index (Phi) is 7.46. The number of ether oxygens (including phenoxy) is 1. The molecular weight excluding hydrogens is 482 g/mol. The van der Waals surface area contributed by atoms with Crippen LogP contribution < -0.4 is 20.7 Å². The van der Waals surface area contributed by atoms with Crippen molar-refractivity contribution in [3.8, 4) is 16.9 Å². The van der Waals surface area contributed by atoms with E-state index in [4.69, 9.17) is 15.6 Å². The second kappa shape index (κ2) is 11.3. The lowest BCUT2D eigenvalue weighted by Crippen LogP contribution is -2.50. The highest BCUT2D eigenvalue weighted by molar-refractivity contribution is 5.90. The number of H-pyrrole nitrogens is 1. The highest BCUT2D eigenvalue weighted by atomic mass is 16.5. The molecule has 1 aliphatic rings. The normalized spacial score (nSPS) is 13.5. The summed E-state index contributed by atoms with van der Waals surface area (Å²) in [6, 6.07) is 21.2. The number of para-hydroxylation sites is 1. The lowest BCUT2D eigenvalue weighted by Gasteiger charge is -2.36. The van der Waals surface area contributed by atoms with E-state index in [1.807, 2.05) is 65.7 Å². The molecular formula is C29H31N5O4. The molecule has 0 atom stereocenters. The largest absolute Gasteiger partial charge is 0.484 e. The maximum absolute atomic E-state index is 12.8. The molecule has 5 rings (SSSR count). The molecule has 1 aromatic heterocycles. The van der Waals surface area contributed by atoms with Crippen molar-refractivity contribution in [3.05, 3.63) is 78.5 Å². The van der Waals surface area contributed by atoms with Gasteiger partial charge in [0.15, 0.2) is 6.61 Å². The Morgan fingerprint density at radius 3 is 2.50 bits per heavy atom. The fourth-order valence-electron chi connectivity index (χ4n) is 4.87. The number of aromatic nitrogens is 1. The van der Waals surface area contributed by atoms with Gasteiger partial charge in [-0.3, -0.25) is 10.1 Å². The highest BCUT2D eigenvalue weighted by Crippen LogP contribution is 2.30. The molecule has 196 valence electrons. The molecule has 5 N–H and O–H groups in total. The maximum Gasteiger partial charge on any atom is 0.409 e. The topological polar surface area (TPSA) is 124 Å². The number of hydrogen-bond acceptors (Lipinski definition) is 5. The van der Waals surface area contributed by atoms with Crippen molar-refractivity contribution in [1.29, 1.82) is 0 Å². The molecule has 0 saturated carbocycles. The van der Waals surface area contributed by atoms with Crippen molar-refractivity contribution in [2.24, 2.45) is 5.73 Å². The smallest absolute Gasteiger partial charge is 0.409 e. The molecule has 1 saturated heterocycles. The number of aromatic amines is 1. The summed E-state index contributed by atoms with van der Waals surface area (Å²) in [7, 11) is 0. The summed E-state index contributed by atoms with van der Waals surface area (Å²) in [5, 5.41) is 12.6. The van der Waals surface area contributed by atoms with Crippen LogP contribution in [0.3, 0.4) is 0 Å². The van der Waals surface area contributed by atoms with Gasteiger partial charge in [-0.1, -0.05) is 30.3 Å². The van der Waals surface area contributed by atoms with Gasteiger partial charge in [0.1, 0.15) is 5.75 Å². The SMILES string of the molecule is NCCc1c[nH]c2ccc(OCC(=O)N3CCN(c4ccc(-c5ccccc5NC(=O)O)cc4)CC3)cc12. The molecule has 9 heteroatoms. The number of hydrogen-bond donors (Lipinski definition) is 4. The van der Waals surface area contributed by atoms with E-state index in [9.17, 15) is 9.59 Å². The molecule has 1 aliphatic heterocycles. The molecule has 38 heavy (non-hydrogen) atoms. The van der Waals surface area contributed by atoms with Gasteiger partial charge in [0.25, 0.3) is 5.91 Å². The third-order valence-corrected chi connectivity index (χ3v) is 6.86. The lowest BCUT2D eigenvalue weighted by molar-refractivity contribution is -0.133. The molecule has 0 bridgehead atoms. The minimum Gasteiger partial charge on any atom is -0.484 e. The van der Waals surface area contributed by atoms with Gasteiger partial charge < -0.3 is 30.4 Å². The maximum atomic E-state index is 12.8. The van der Waals surface area contributed by atoms with E-state index in [1.165, 1.54) is 0 Å². The van der Waals surface area contributed by atoms with Crippen LogP contribution >= 0.6 is 0 Å². The Morgan fingerprint density at radius 2 is 1.76 bits per heavy atom. The van der Waals surface area contributed by atoms with Crippen molar-refractivity contribution < 1.29 is 19.4 Å². The number of fused-ring (bicyclic) bond motifs is 1. The highest BCUT2D eigenvalue weighted by Gasteiger charge is 2.22. The predicted octanol–water partition coefficient (Wildman–Crippen LogP) is 4.15. The number of carbonyl (C=O) groups excluding carboxylic acids is 1. The van der Waals surface area contributed by atoms with Crippen molar-refractivity contribution in [3.63, 3.8) is 0 Å². The van der Waals surface area contributed by atoms with Gasteiger partial charge in [0.05, 0.1) is 5.69 Å². The number of nitrogens with two attached hydrogens (primary N) is 1. The average molecular weight is 514 g/mol. The average Bonchev–Trinajstić information content (AvgIpc) is 3.34. The number of carboxylic acid groups (broad SMARTS) is 1. The van der Waals surface area contributed by atoms with Crippen LogP contribution in [0.15, 0.2) is 72.9 Å². The van der Waals surface area contributed by atoms with Gasteiger partial charge in [-0.2, -0.15) is 0 Å². The molecule has 1 fully saturated rings. The van der Waals surface area contributed by atoms with Crippen LogP contribution in [0.2, 0.25) is 0 Å². The zero-order valence-corrected chi connectivity index (χ0v) is 21.0. The molecule has 0 unspecified atom stereocenters. The van der Waals surface area contributed by atoms with Crippen LogP contribution in [0.25, 0.3) is 22.0 Å². The van der Waals surface area contributed by atoms with Crippen LogP contribution in [-0.4, -0.2) is 66.3 Å². The van der Waals surface area contributed by atoms with Crippen molar-refractivity contribution in [1.82, 2.24) is 9.88 Å². The van der Waals surface area contributed by atoms with E-state index < -0.39 is 6.09 Å². The quantitative estimate of drug-likeness (QED) is 0.281. The minimum absolute atomic E-state index is 0.000631. The van der Waals surface area contributed by atoms with E-state index in [0.29, 0.717) is 31.1 Å². The summed E-state index contributed by atoms with van der Waals surface area (Å²) in [6.07, 6.45) is 1.66. The number of rotatable bonds is 8. The molecule has 0 radical (unpaired) electrons. The summed E-state index contributed by atoms with van der Waals surface area (Å²) in [4.78, 5) is 31.3. The standard InChI is InChI=1S/C29H31N5O4/c30-12-11-21-18-31-26-10-9-23(17-25(21)26)38-19-28(35)34-15-13-33(14-16-34)22-7-5-20(6-8-22)24-3-1-2-4-27(24)32-29(36)37/h1-10,17-18,31-32H,11-16,19,30H2,(H,36,37). The Bertz CT molecular complexity index is 1420. The molecule has 0 spiro atoms. The fraction of sp³-hybridized carbons (Fsp3) is 0.241.